The summed E-state index contributed by atoms with van der Waals surface area (Å²) in [6.07, 6.45) is 0.146. The number of nitrogens with one attached hydrogen (secondary N) is 3. The van der Waals surface area contributed by atoms with Crippen LogP contribution in [-0.2, 0) is 4.79 Å². The molecule has 3 rings (SSSR count). The Morgan fingerprint density at radius 2 is 2.16 bits per heavy atom. The number of carbonyl (C=O) groups excluding carboxylic acids is 1. The highest BCUT2D eigenvalue weighted by Crippen LogP contribution is 2.24. The molecule has 1 aliphatic heterocycles. The summed E-state index contributed by atoms with van der Waals surface area (Å²) in [5.74, 6) is 1.63. The molecule has 2 aromatic rings. The quantitative estimate of drug-likeness (QED) is 0.636. The minimum absolute atomic E-state index is 0.0289. The fourth-order valence-corrected chi connectivity index (χ4v) is 4.33. The van der Waals surface area contributed by atoms with E-state index in [0.29, 0.717) is 13.0 Å². The van der Waals surface area contributed by atoms with Gasteiger partial charge in [-0.05, 0) is 38.1 Å². The third-order valence-corrected chi connectivity index (χ3v) is 5.67. The predicted octanol–water partition coefficient (Wildman–Crippen LogP) is 2.21. The number of rotatable bonds is 7. The number of ether oxygens (including phenoxy) is 1. The summed E-state index contributed by atoms with van der Waals surface area (Å²) in [5, 5.41) is 18.7. The molecule has 134 valence electrons. The Labute approximate surface area is 154 Å². The number of aromatic nitrogens is 2. The van der Waals surface area contributed by atoms with Gasteiger partial charge < -0.3 is 15.4 Å². The van der Waals surface area contributed by atoms with Crippen molar-refractivity contribution in [2.45, 2.75) is 36.9 Å². The highest BCUT2D eigenvalue weighted by molar-refractivity contribution is 8.01. The van der Waals surface area contributed by atoms with Gasteiger partial charge in [0.05, 0.1) is 6.61 Å². The van der Waals surface area contributed by atoms with Crippen molar-refractivity contribution in [3.8, 4) is 5.75 Å². The van der Waals surface area contributed by atoms with Crippen molar-refractivity contribution in [3.63, 3.8) is 0 Å². The minimum Gasteiger partial charge on any atom is -0.494 e. The first-order valence-electron chi connectivity index (χ1n) is 8.10. The number of benzene rings is 1. The molecule has 0 bridgehead atoms. The lowest BCUT2D eigenvalue weighted by Gasteiger charge is -2.32. The van der Waals surface area contributed by atoms with Crippen molar-refractivity contribution < 1.29 is 9.53 Å². The van der Waals surface area contributed by atoms with E-state index in [1.54, 1.807) is 23.1 Å². The summed E-state index contributed by atoms with van der Waals surface area (Å²) >= 11 is 3.19. The van der Waals surface area contributed by atoms with E-state index in [4.69, 9.17) is 4.74 Å². The minimum atomic E-state index is -0.305. The Morgan fingerprint density at radius 3 is 2.84 bits per heavy atom. The van der Waals surface area contributed by atoms with E-state index < -0.39 is 0 Å². The van der Waals surface area contributed by atoms with E-state index in [0.717, 1.165) is 26.5 Å². The number of nitrogens with zero attached hydrogens (tertiary/aromatic N) is 2. The van der Waals surface area contributed by atoms with Gasteiger partial charge in [-0.1, -0.05) is 23.1 Å². The van der Waals surface area contributed by atoms with Crippen LogP contribution in [0.2, 0.25) is 0 Å². The van der Waals surface area contributed by atoms with Gasteiger partial charge >= 0.3 is 0 Å². The third-order valence-electron chi connectivity index (χ3n) is 3.53. The Morgan fingerprint density at radius 1 is 1.36 bits per heavy atom. The van der Waals surface area contributed by atoms with Crippen molar-refractivity contribution in [1.29, 1.82) is 0 Å². The molecule has 2 atom stereocenters. The van der Waals surface area contributed by atoms with Gasteiger partial charge in [0.15, 0.2) is 10.6 Å². The predicted molar refractivity (Wildman–Crippen MR) is 100 cm³/mol. The van der Waals surface area contributed by atoms with E-state index >= 15 is 0 Å². The van der Waals surface area contributed by atoms with E-state index in [2.05, 4.69) is 26.1 Å². The summed E-state index contributed by atoms with van der Waals surface area (Å²) in [6, 6.07) is 7.74. The number of carbonyl (C=O) groups is 1. The van der Waals surface area contributed by atoms with Gasteiger partial charge in [-0.3, -0.25) is 10.1 Å². The molecular weight excluding hydrogens is 358 g/mol. The summed E-state index contributed by atoms with van der Waals surface area (Å²) in [6.45, 7) is 4.53. The van der Waals surface area contributed by atoms with Crippen LogP contribution in [0.5, 0.6) is 5.75 Å². The van der Waals surface area contributed by atoms with E-state index in [9.17, 15) is 4.79 Å². The summed E-state index contributed by atoms with van der Waals surface area (Å²) in [5.41, 5.74) is 0.911. The van der Waals surface area contributed by atoms with Gasteiger partial charge in [0.2, 0.25) is 5.91 Å². The number of amides is 1. The molecule has 1 saturated heterocycles. The maximum absolute atomic E-state index is 12.0. The van der Waals surface area contributed by atoms with Crippen LogP contribution in [0.4, 0.5) is 5.69 Å². The van der Waals surface area contributed by atoms with Gasteiger partial charge in [0, 0.05) is 23.9 Å². The van der Waals surface area contributed by atoms with Gasteiger partial charge in [-0.2, -0.15) is 0 Å². The zero-order chi connectivity index (χ0) is 17.6. The monoisotopic (exact) mass is 379 g/mol. The van der Waals surface area contributed by atoms with Crippen LogP contribution in [0.25, 0.3) is 0 Å². The first-order chi connectivity index (χ1) is 12.1. The van der Waals surface area contributed by atoms with Gasteiger partial charge in [0.25, 0.3) is 0 Å². The van der Waals surface area contributed by atoms with Crippen molar-refractivity contribution >= 4 is 34.7 Å². The van der Waals surface area contributed by atoms with Crippen molar-refractivity contribution in [1.82, 2.24) is 20.8 Å². The van der Waals surface area contributed by atoms with Crippen LogP contribution in [0.1, 0.15) is 18.4 Å². The topological polar surface area (TPSA) is 88.2 Å². The lowest BCUT2D eigenvalue weighted by atomic mass is 10.2. The SMILES string of the molecule is CCOc1ccc(NC2NC(=O)CC(CSc3nnc(C)s3)N2)cc1. The second-order valence-electron chi connectivity index (χ2n) is 5.57. The van der Waals surface area contributed by atoms with Gasteiger partial charge in [-0.15, -0.1) is 10.2 Å². The molecule has 2 unspecified atom stereocenters. The Bertz CT molecular complexity index is 707. The Hall–Kier alpha value is -1.84. The number of hydrogen-bond donors (Lipinski definition) is 3. The standard InChI is InChI=1S/C16H21N5O2S2/c1-3-23-13-6-4-11(5-7-13)17-15-18-12(8-14(22)19-15)9-24-16-21-20-10(2)25-16/h4-7,12,15,17-18H,3,8-9H2,1-2H3,(H,19,22). The average Bonchev–Trinajstić information content (AvgIpc) is 3.00. The molecule has 1 fully saturated rings. The van der Waals surface area contributed by atoms with E-state index in [-0.39, 0.29) is 18.2 Å². The molecule has 1 aromatic heterocycles. The van der Waals surface area contributed by atoms with Crippen LogP contribution in [0.15, 0.2) is 28.6 Å². The number of aryl methyl sites for hydroxylation is 1. The molecule has 1 aliphatic rings. The molecule has 3 N–H and O–H groups in total. The highest BCUT2D eigenvalue weighted by atomic mass is 32.2. The Balaban J connectivity index is 1.53. The second kappa shape index (κ2) is 8.50. The number of anilines is 1. The fourth-order valence-electron chi connectivity index (χ4n) is 2.45. The lowest BCUT2D eigenvalue weighted by molar-refractivity contribution is -0.123. The largest absolute Gasteiger partial charge is 0.494 e. The zero-order valence-corrected chi connectivity index (χ0v) is 15.7. The van der Waals surface area contributed by atoms with Crippen LogP contribution < -0.4 is 20.7 Å². The third kappa shape index (κ3) is 5.32. The summed E-state index contributed by atoms with van der Waals surface area (Å²) in [4.78, 5) is 12.0. The molecular formula is C16H21N5O2S2. The number of thioether (sulfide) groups is 1. The molecule has 0 radical (unpaired) electrons. The molecule has 1 aromatic carbocycles. The first kappa shape index (κ1) is 18.0. The normalized spacial score (nSPS) is 20.2. The molecule has 7 nitrogen and oxygen atoms in total. The maximum atomic E-state index is 12.0. The van der Waals surface area contributed by atoms with Crippen LogP contribution >= 0.6 is 23.1 Å². The van der Waals surface area contributed by atoms with Crippen LogP contribution in [-0.4, -0.2) is 40.8 Å². The number of hydrogen-bond acceptors (Lipinski definition) is 8. The second-order valence-corrected chi connectivity index (χ2v) is 8.02. The smallest absolute Gasteiger partial charge is 0.224 e. The molecule has 1 amide bonds. The van der Waals surface area contributed by atoms with E-state index in [1.807, 2.05) is 38.1 Å². The van der Waals surface area contributed by atoms with Crippen molar-refractivity contribution in [3.05, 3.63) is 29.3 Å². The zero-order valence-electron chi connectivity index (χ0n) is 14.1. The summed E-state index contributed by atoms with van der Waals surface area (Å²) < 4.78 is 6.37. The average molecular weight is 380 g/mol. The van der Waals surface area contributed by atoms with Crippen LogP contribution in [0, 0.1) is 6.92 Å². The molecule has 0 saturated carbocycles. The molecule has 0 spiro atoms. The Kier molecular flexibility index (Phi) is 6.11. The summed E-state index contributed by atoms with van der Waals surface area (Å²) in [7, 11) is 0. The fraction of sp³-hybridized carbons (Fsp3) is 0.438. The highest BCUT2D eigenvalue weighted by Gasteiger charge is 2.26. The van der Waals surface area contributed by atoms with Crippen molar-refractivity contribution in [2.75, 3.05) is 17.7 Å². The maximum Gasteiger partial charge on any atom is 0.224 e. The molecule has 0 aliphatic carbocycles. The molecule has 25 heavy (non-hydrogen) atoms. The first-order valence-corrected chi connectivity index (χ1v) is 9.90. The molecule has 2 heterocycles. The van der Waals surface area contributed by atoms with Gasteiger partial charge in [0.1, 0.15) is 10.8 Å². The lowest BCUT2D eigenvalue weighted by Crippen LogP contribution is -2.60. The van der Waals surface area contributed by atoms with Gasteiger partial charge in [-0.25, -0.2) is 0 Å². The van der Waals surface area contributed by atoms with Crippen molar-refractivity contribution in [2.24, 2.45) is 0 Å². The van der Waals surface area contributed by atoms with Crippen LogP contribution in [0.3, 0.4) is 0 Å². The van der Waals surface area contributed by atoms with E-state index in [1.165, 1.54) is 0 Å². The molecule has 9 heteroatoms.